The van der Waals surface area contributed by atoms with Crippen LogP contribution in [0.5, 0.6) is 0 Å². The van der Waals surface area contributed by atoms with Gasteiger partial charge < -0.3 is 0 Å². The van der Waals surface area contributed by atoms with E-state index in [1.165, 1.54) is 20.2 Å². The lowest BCUT2D eigenvalue weighted by molar-refractivity contribution is 1.36. The Morgan fingerprint density at radius 2 is 1.37 bits per heavy atom. The zero-order chi connectivity index (χ0) is 13.1. The lowest BCUT2D eigenvalue weighted by atomic mass is 10.2. The minimum absolute atomic E-state index is 0.0239. The zero-order valence-corrected chi connectivity index (χ0v) is 12.7. The third-order valence-corrected chi connectivity index (χ3v) is 6.67. The Hall–Kier alpha value is -1.29. The van der Waals surface area contributed by atoms with Crippen LogP contribution in [0, 0.1) is 0 Å². The molecule has 1 aromatic carbocycles. The average Bonchev–Trinajstić information content (AvgIpc) is 3.13. The predicted octanol–water partition coefficient (Wildman–Crippen LogP) is 5.55. The zero-order valence-electron chi connectivity index (χ0n) is 10.3. The van der Waals surface area contributed by atoms with Gasteiger partial charge in [0.15, 0.2) is 14.7 Å². The van der Waals surface area contributed by atoms with Crippen molar-refractivity contribution in [1.82, 2.24) is 0 Å². The molecule has 0 saturated heterocycles. The molecule has 94 valence electrons. The summed E-state index contributed by atoms with van der Waals surface area (Å²) >= 11 is 3.52. The second-order valence-electron chi connectivity index (χ2n) is 4.00. The highest BCUT2D eigenvalue weighted by atomic mass is 32.2. The Morgan fingerprint density at radius 3 is 1.79 bits per heavy atom. The first kappa shape index (κ1) is 12.7. The van der Waals surface area contributed by atoms with Gasteiger partial charge in [-0.3, -0.25) is 0 Å². The van der Waals surface area contributed by atoms with Crippen molar-refractivity contribution in [2.24, 2.45) is 0 Å². The van der Waals surface area contributed by atoms with Crippen molar-refractivity contribution in [3.05, 3.63) is 70.1 Å². The minimum Gasteiger partial charge on any atom is -0.147 e. The van der Waals surface area contributed by atoms with Crippen LogP contribution in [-0.4, -0.2) is 0 Å². The van der Waals surface area contributed by atoms with Crippen molar-refractivity contribution in [2.45, 2.75) is 14.7 Å². The third-order valence-electron chi connectivity index (χ3n) is 2.81. The Kier molecular flexibility index (Phi) is 3.87. The van der Waals surface area contributed by atoms with Crippen molar-refractivity contribution >= 4 is 39.6 Å². The first-order valence-corrected chi connectivity index (χ1v) is 9.01. The van der Waals surface area contributed by atoms with Crippen molar-refractivity contribution in [1.29, 1.82) is 0 Å². The van der Waals surface area contributed by atoms with Gasteiger partial charge in [0.1, 0.15) is 10.9 Å². The number of thiophene rings is 2. The highest BCUT2D eigenvalue weighted by molar-refractivity contribution is 7.97. The maximum Gasteiger partial charge on any atom is 0.177 e. The van der Waals surface area contributed by atoms with Crippen LogP contribution in [0.25, 0.3) is 6.08 Å². The van der Waals surface area contributed by atoms with Crippen LogP contribution in [0.15, 0.2) is 79.2 Å². The molecule has 0 radical (unpaired) electrons. The minimum atomic E-state index is 0.0239. The summed E-state index contributed by atoms with van der Waals surface area (Å²) in [4.78, 5) is 4.16. The van der Waals surface area contributed by atoms with Crippen molar-refractivity contribution in [2.75, 3.05) is 0 Å². The molecular weight excluding hydrogens is 288 g/mol. The fraction of sp³-hybridized carbons (Fsp3) is 0. The van der Waals surface area contributed by atoms with E-state index in [1.54, 1.807) is 22.7 Å². The van der Waals surface area contributed by atoms with Gasteiger partial charge in [-0.1, -0.05) is 12.7 Å². The standard InChI is InChI=1S/C16H13S3/c1-2-13-3-5-14(6-4-13)19(15-7-9-17-11-15)16-8-10-18-12-16/h2-12H,1H2/q+1. The first-order chi connectivity index (χ1) is 9.38. The van der Waals surface area contributed by atoms with Crippen LogP contribution in [0.2, 0.25) is 0 Å². The summed E-state index contributed by atoms with van der Waals surface area (Å²) in [5, 5.41) is 8.81. The fourth-order valence-electron chi connectivity index (χ4n) is 1.88. The monoisotopic (exact) mass is 301 g/mol. The van der Waals surface area contributed by atoms with E-state index in [4.69, 9.17) is 0 Å². The van der Waals surface area contributed by atoms with Crippen molar-refractivity contribution in [3.63, 3.8) is 0 Å². The third kappa shape index (κ3) is 2.68. The summed E-state index contributed by atoms with van der Waals surface area (Å²) in [5.74, 6) is 0. The van der Waals surface area contributed by atoms with Gasteiger partial charge in [-0.25, -0.2) is 0 Å². The van der Waals surface area contributed by atoms with Gasteiger partial charge in [0.25, 0.3) is 0 Å². The molecule has 0 bridgehead atoms. The van der Waals surface area contributed by atoms with E-state index >= 15 is 0 Å². The molecule has 0 aliphatic carbocycles. The van der Waals surface area contributed by atoms with Crippen LogP contribution in [0.4, 0.5) is 0 Å². The molecule has 0 N–H and O–H groups in total. The SMILES string of the molecule is C=Cc1ccc([S+](c2ccsc2)c2ccsc2)cc1. The molecule has 0 aliphatic rings. The van der Waals surface area contributed by atoms with Crippen molar-refractivity contribution in [3.8, 4) is 0 Å². The van der Waals surface area contributed by atoms with Crippen molar-refractivity contribution < 1.29 is 0 Å². The molecule has 0 amide bonds. The van der Waals surface area contributed by atoms with Crippen LogP contribution in [0.1, 0.15) is 5.56 Å². The van der Waals surface area contributed by atoms with Crippen LogP contribution in [-0.2, 0) is 10.9 Å². The summed E-state index contributed by atoms with van der Waals surface area (Å²) < 4.78 is 0. The van der Waals surface area contributed by atoms with Crippen LogP contribution < -0.4 is 0 Å². The van der Waals surface area contributed by atoms with Gasteiger partial charge in [-0.2, -0.15) is 0 Å². The summed E-state index contributed by atoms with van der Waals surface area (Å²) in [6, 6.07) is 13.2. The van der Waals surface area contributed by atoms with Gasteiger partial charge in [-0.15, -0.1) is 22.7 Å². The van der Waals surface area contributed by atoms with E-state index in [-0.39, 0.29) is 10.9 Å². The van der Waals surface area contributed by atoms with E-state index in [2.05, 4.69) is 64.5 Å². The van der Waals surface area contributed by atoms with E-state index < -0.39 is 0 Å². The molecule has 0 unspecified atom stereocenters. The summed E-state index contributed by atoms with van der Waals surface area (Å²) in [6.45, 7) is 3.81. The summed E-state index contributed by atoms with van der Waals surface area (Å²) in [7, 11) is 0.0239. The molecule has 0 saturated carbocycles. The molecular formula is C16H13S3+. The summed E-state index contributed by atoms with van der Waals surface area (Å²) in [5.41, 5.74) is 1.17. The molecule has 0 spiro atoms. The Balaban J connectivity index is 2.06. The topological polar surface area (TPSA) is 0 Å². The fourth-order valence-corrected chi connectivity index (χ4v) is 5.83. The maximum atomic E-state index is 3.81. The largest absolute Gasteiger partial charge is 0.177 e. The second kappa shape index (κ2) is 5.78. The second-order valence-corrected chi connectivity index (χ2v) is 7.58. The predicted molar refractivity (Wildman–Crippen MR) is 87.3 cm³/mol. The lowest BCUT2D eigenvalue weighted by Gasteiger charge is -2.04. The molecule has 3 rings (SSSR count). The maximum absolute atomic E-state index is 3.81. The van der Waals surface area contributed by atoms with E-state index in [9.17, 15) is 0 Å². The Labute approximate surface area is 124 Å². The molecule has 0 atom stereocenters. The molecule has 2 heterocycles. The van der Waals surface area contributed by atoms with Gasteiger partial charge in [0.2, 0.25) is 0 Å². The van der Waals surface area contributed by atoms with E-state index in [0.29, 0.717) is 0 Å². The lowest BCUT2D eigenvalue weighted by Crippen LogP contribution is -2.02. The van der Waals surface area contributed by atoms with Gasteiger partial charge in [0.05, 0.1) is 0 Å². The number of benzene rings is 1. The quantitative estimate of drug-likeness (QED) is 0.554. The first-order valence-electron chi connectivity index (χ1n) is 5.89. The van der Waals surface area contributed by atoms with E-state index in [1.807, 2.05) is 6.08 Å². The Morgan fingerprint density at radius 1 is 0.789 bits per heavy atom. The molecule has 0 aliphatic heterocycles. The summed E-state index contributed by atoms with van der Waals surface area (Å²) in [6.07, 6.45) is 1.89. The molecule has 0 fully saturated rings. The van der Waals surface area contributed by atoms with E-state index in [0.717, 1.165) is 0 Å². The Bertz CT molecular complexity index is 600. The van der Waals surface area contributed by atoms with Gasteiger partial charge in [0, 0.05) is 22.9 Å². The highest BCUT2D eigenvalue weighted by Crippen LogP contribution is 2.33. The molecule has 2 aromatic heterocycles. The van der Waals surface area contributed by atoms with Crippen LogP contribution in [0.3, 0.4) is 0 Å². The molecule has 3 heteroatoms. The normalized spacial score (nSPS) is 10.8. The van der Waals surface area contributed by atoms with Gasteiger partial charge >= 0.3 is 0 Å². The number of hydrogen-bond acceptors (Lipinski definition) is 2. The smallest absolute Gasteiger partial charge is 0.147 e. The highest BCUT2D eigenvalue weighted by Gasteiger charge is 2.29. The molecule has 0 nitrogen and oxygen atoms in total. The molecule has 19 heavy (non-hydrogen) atoms. The average molecular weight is 301 g/mol. The van der Waals surface area contributed by atoms with Gasteiger partial charge in [-0.05, 0) is 40.6 Å². The molecule has 3 aromatic rings. The number of hydrogen-bond donors (Lipinski definition) is 0. The van der Waals surface area contributed by atoms with Crippen LogP contribution >= 0.6 is 22.7 Å². The number of rotatable bonds is 4.